The van der Waals surface area contributed by atoms with Gasteiger partial charge in [0, 0.05) is 6.08 Å². The van der Waals surface area contributed by atoms with Crippen molar-refractivity contribution in [2.75, 3.05) is 13.2 Å². The molecule has 0 radical (unpaired) electrons. The van der Waals surface area contributed by atoms with Crippen molar-refractivity contribution in [3.63, 3.8) is 0 Å². The van der Waals surface area contributed by atoms with E-state index in [-0.39, 0.29) is 13.2 Å². The molecule has 0 aliphatic carbocycles. The number of carbonyl (C=O) groups excluding carboxylic acids is 1. The predicted octanol–water partition coefficient (Wildman–Crippen LogP) is 1.88. The van der Waals surface area contributed by atoms with E-state index in [1.807, 2.05) is 18.2 Å². The fourth-order valence-corrected chi connectivity index (χ4v) is 1.90. The molecule has 1 amide bonds. The van der Waals surface area contributed by atoms with Crippen molar-refractivity contribution in [3.05, 3.63) is 54.1 Å². The lowest BCUT2D eigenvalue weighted by atomic mass is 10.0. The summed E-state index contributed by atoms with van der Waals surface area (Å²) >= 11 is 0. The second-order valence-electron chi connectivity index (χ2n) is 4.85. The lowest BCUT2D eigenvalue weighted by Gasteiger charge is -2.11. The third-order valence-electron chi connectivity index (χ3n) is 3.08. The van der Waals surface area contributed by atoms with E-state index in [9.17, 15) is 9.90 Å². The van der Waals surface area contributed by atoms with Gasteiger partial charge in [0.05, 0.1) is 12.7 Å². The van der Waals surface area contributed by atoms with Crippen molar-refractivity contribution in [1.29, 1.82) is 0 Å². The van der Waals surface area contributed by atoms with Crippen molar-refractivity contribution in [3.8, 4) is 5.75 Å². The van der Waals surface area contributed by atoms with Crippen LogP contribution >= 0.6 is 0 Å². The summed E-state index contributed by atoms with van der Waals surface area (Å²) in [5.41, 5.74) is 2.33. The monoisotopic (exact) mass is 321 g/mol. The molecule has 0 heterocycles. The van der Waals surface area contributed by atoms with Crippen LogP contribution in [0, 0.1) is 0 Å². The first-order valence-electron chi connectivity index (χ1n) is 7.46. The Labute approximate surface area is 135 Å². The van der Waals surface area contributed by atoms with Crippen LogP contribution in [0.25, 0.3) is 0 Å². The van der Waals surface area contributed by atoms with E-state index in [0.717, 1.165) is 18.4 Å². The summed E-state index contributed by atoms with van der Waals surface area (Å²) in [6.45, 7) is 0.223. The number of hydrogen-bond donors (Lipinski definition) is 4. The number of aliphatic hydroxyl groups is 2. The highest BCUT2D eigenvalue weighted by Crippen LogP contribution is 2.22. The Morgan fingerprint density at radius 2 is 2.00 bits per heavy atom. The van der Waals surface area contributed by atoms with Crippen LogP contribution in [0.4, 0.5) is 0 Å². The maximum absolute atomic E-state index is 10.7. The molecule has 4 N–H and O–H groups in total. The summed E-state index contributed by atoms with van der Waals surface area (Å²) in [6.07, 6.45) is 8.03. The van der Waals surface area contributed by atoms with Crippen LogP contribution < -0.4 is 10.2 Å². The highest BCUT2D eigenvalue weighted by molar-refractivity contribution is 5.86. The maximum Gasteiger partial charge on any atom is 0.267 e. The zero-order valence-electron chi connectivity index (χ0n) is 12.9. The fourth-order valence-electron chi connectivity index (χ4n) is 1.90. The van der Waals surface area contributed by atoms with E-state index in [1.165, 1.54) is 17.6 Å². The van der Waals surface area contributed by atoms with Crippen LogP contribution in [-0.2, 0) is 4.79 Å². The van der Waals surface area contributed by atoms with Crippen LogP contribution in [0.15, 0.2) is 48.6 Å². The molecule has 0 fully saturated rings. The summed E-state index contributed by atoms with van der Waals surface area (Å²) in [4.78, 5) is 10.7. The molecule has 0 aromatic heterocycles. The Morgan fingerprint density at radius 3 is 2.65 bits per heavy atom. The van der Waals surface area contributed by atoms with Crippen LogP contribution in [0.3, 0.4) is 0 Å². The van der Waals surface area contributed by atoms with Crippen molar-refractivity contribution in [2.45, 2.75) is 25.4 Å². The minimum absolute atomic E-state index is 0.0300. The molecule has 23 heavy (non-hydrogen) atoms. The molecule has 0 spiro atoms. The fraction of sp³-hybridized carbons (Fsp3) is 0.353. The van der Waals surface area contributed by atoms with Crippen LogP contribution in [0.2, 0.25) is 0 Å². The van der Waals surface area contributed by atoms with Gasteiger partial charge in [-0.25, -0.2) is 5.48 Å². The minimum Gasteiger partial charge on any atom is -0.491 e. The van der Waals surface area contributed by atoms with Crippen LogP contribution in [0.1, 0.15) is 30.9 Å². The average molecular weight is 321 g/mol. The van der Waals surface area contributed by atoms with Gasteiger partial charge in [0.15, 0.2) is 0 Å². The number of hydroxylamine groups is 1. The number of hydrogen-bond acceptors (Lipinski definition) is 5. The molecular weight excluding hydrogens is 298 g/mol. The van der Waals surface area contributed by atoms with Crippen molar-refractivity contribution >= 4 is 5.91 Å². The highest BCUT2D eigenvalue weighted by atomic mass is 16.5. The number of nitrogens with one attached hydrogen (secondary N) is 1. The first-order chi connectivity index (χ1) is 11.2. The molecule has 1 aromatic carbocycles. The first-order valence-corrected chi connectivity index (χ1v) is 7.46. The number of unbranched alkanes of at least 4 members (excludes halogenated alkanes) is 1. The lowest BCUT2D eigenvalue weighted by molar-refractivity contribution is -0.124. The van der Waals surface area contributed by atoms with Gasteiger partial charge in [-0.3, -0.25) is 10.0 Å². The summed E-state index contributed by atoms with van der Waals surface area (Å²) in [5.74, 6) is 0.0909. The molecule has 126 valence electrons. The number of rotatable bonds is 10. The van der Waals surface area contributed by atoms with Gasteiger partial charge in [-0.2, -0.15) is 0 Å². The van der Waals surface area contributed by atoms with E-state index >= 15 is 0 Å². The van der Waals surface area contributed by atoms with Crippen molar-refractivity contribution in [2.24, 2.45) is 0 Å². The molecule has 1 aromatic rings. The molecule has 0 saturated carbocycles. The SMILES string of the molecule is O=C(/C=C/C=C/CCC[C@@H](O)c1ccc(OCCO)cc1)NO. The van der Waals surface area contributed by atoms with Gasteiger partial charge in [-0.15, -0.1) is 0 Å². The summed E-state index contributed by atoms with van der Waals surface area (Å²) < 4.78 is 5.26. The zero-order chi connectivity index (χ0) is 16.9. The summed E-state index contributed by atoms with van der Waals surface area (Å²) in [7, 11) is 0. The van der Waals surface area contributed by atoms with E-state index in [1.54, 1.807) is 18.2 Å². The molecule has 0 aliphatic heterocycles. The Morgan fingerprint density at radius 1 is 1.26 bits per heavy atom. The lowest BCUT2D eigenvalue weighted by Crippen LogP contribution is -2.14. The van der Waals surface area contributed by atoms with Crippen LogP contribution in [-0.4, -0.2) is 34.5 Å². The Kier molecular flexibility index (Phi) is 9.38. The molecule has 1 atom stereocenters. The normalized spacial score (nSPS) is 12.7. The maximum atomic E-state index is 10.7. The number of aliphatic hydroxyl groups excluding tert-OH is 2. The predicted molar refractivity (Wildman–Crippen MR) is 86.0 cm³/mol. The smallest absolute Gasteiger partial charge is 0.267 e. The van der Waals surface area contributed by atoms with E-state index in [0.29, 0.717) is 12.2 Å². The Balaban J connectivity index is 2.28. The number of carbonyl (C=O) groups is 1. The summed E-state index contributed by atoms with van der Waals surface area (Å²) in [6, 6.07) is 7.16. The standard InChI is InChI=1S/C17H23NO5/c19-12-13-23-15-10-8-14(9-11-15)16(20)6-4-2-1-3-5-7-17(21)18-22/h1,3,5,7-11,16,19-20,22H,2,4,6,12-13H2,(H,18,21)/b3-1+,7-5+/t16-/m1/s1. The molecular formula is C17H23NO5. The number of amides is 1. The third kappa shape index (κ3) is 8.15. The Hall–Kier alpha value is -2.15. The number of allylic oxidation sites excluding steroid dienone is 3. The molecule has 6 heteroatoms. The number of ether oxygens (including phenoxy) is 1. The highest BCUT2D eigenvalue weighted by Gasteiger charge is 2.06. The van der Waals surface area contributed by atoms with Crippen molar-refractivity contribution < 1.29 is 25.0 Å². The van der Waals surface area contributed by atoms with Gasteiger partial charge in [0.25, 0.3) is 5.91 Å². The minimum atomic E-state index is -0.573. The van der Waals surface area contributed by atoms with E-state index in [4.69, 9.17) is 15.1 Å². The quantitative estimate of drug-likeness (QED) is 0.173. The van der Waals surface area contributed by atoms with Gasteiger partial charge in [0.1, 0.15) is 12.4 Å². The first kappa shape index (κ1) is 18.9. The molecule has 0 bridgehead atoms. The molecule has 6 nitrogen and oxygen atoms in total. The zero-order valence-corrected chi connectivity index (χ0v) is 12.9. The Bertz CT molecular complexity index is 510. The average Bonchev–Trinajstić information content (AvgIpc) is 2.59. The second-order valence-corrected chi connectivity index (χ2v) is 4.85. The topological polar surface area (TPSA) is 99.0 Å². The van der Waals surface area contributed by atoms with Gasteiger partial charge < -0.3 is 14.9 Å². The van der Waals surface area contributed by atoms with Gasteiger partial charge in [-0.05, 0) is 37.0 Å². The van der Waals surface area contributed by atoms with Crippen LogP contribution in [0.5, 0.6) is 5.75 Å². The molecule has 0 unspecified atom stereocenters. The number of benzene rings is 1. The summed E-state index contributed by atoms with van der Waals surface area (Å²) in [5, 5.41) is 27.1. The van der Waals surface area contributed by atoms with E-state index < -0.39 is 12.0 Å². The molecule has 0 aliphatic rings. The van der Waals surface area contributed by atoms with Gasteiger partial charge in [0.2, 0.25) is 0 Å². The largest absolute Gasteiger partial charge is 0.491 e. The van der Waals surface area contributed by atoms with Gasteiger partial charge >= 0.3 is 0 Å². The van der Waals surface area contributed by atoms with E-state index in [2.05, 4.69) is 0 Å². The van der Waals surface area contributed by atoms with Gasteiger partial charge in [-0.1, -0.05) is 30.4 Å². The second kappa shape index (κ2) is 11.4. The molecule has 1 rings (SSSR count). The van der Waals surface area contributed by atoms with Crippen molar-refractivity contribution in [1.82, 2.24) is 5.48 Å². The third-order valence-corrected chi connectivity index (χ3v) is 3.08. The molecule has 0 saturated heterocycles.